The van der Waals surface area contributed by atoms with Crippen LogP contribution in [0.3, 0.4) is 0 Å². The number of rotatable bonds is 2. The molecule has 21 heavy (non-hydrogen) atoms. The molecule has 1 aliphatic heterocycles. The summed E-state index contributed by atoms with van der Waals surface area (Å²) in [7, 11) is 0. The second-order valence-corrected chi connectivity index (χ2v) is 6.61. The van der Waals surface area contributed by atoms with Crippen molar-refractivity contribution in [3.05, 3.63) is 40.4 Å². The van der Waals surface area contributed by atoms with E-state index in [1.807, 2.05) is 23.4 Å². The molecule has 2 aromatic heterocycles. The van der Waals surface area contributed by atoms with Gasteiger partial charge in [-0.25, -0.2) is 15.0 Å². The highest BCUT2D eigenvalue weighted by Gasteiger charge is 2.35. The molecule has 3 heterocycles. The van der Waals surface area contributed by atoms with E-state index in [4.69, 9.17) is 0 Å². The molecule has 0 radical (unpaired) electrons. The molecule has 0 aliphatic carbocycles. The van der Waals surface area contributed by atoms with Gasteiger partial charge in [0, 0.05) is 36.3 Å². The molecule has 6 heteroatoms. The lowest BCUT2D eigenvalue weighted by Gasteiger charge is -2.38. The molecule has 0 N–H and O–H groups in total. The maximum absolute atomic E-state index is 12.6. The molecule has 110 valence electrons. The van der Waals surface area contributed by atoms with E-state index in [1.165, 1.54) is 11.3 Å². The number of thiazole rings is 1. The number of hydrogen-bond donors (Lipinski definition) is 0. The quantitative estimate of drug-likeness (QED) is 0.855. The summed E-state index contributed by atoms with van der Waals surface area (Å²) in [5.41, 5.74) is 1.44. The Morgan fingerprint density at radius 3 is 2.71 bits per heavy atom. The van der Waals surface area contributed by atoms with Crippen LogP contribution in [0.4, 0.5) is 0 Å². The SMILES string of the molecule is Cc1ncncc1C(=O)N1CCC(C)(c2nccs2)CC1. The normalized spacial score (nSPS) is 17.7. The van der Waals surface area contributed by atoms with E-state index in [0.29, 0.717) is 5.56 Å². The third kappa shape index (κ3) is 2.68. The number of nitrogens with zero attached hydrogens (tertiary/aromatic N) is 4. The molecule has 0 aromatic carbocycles. The van der Waals surface area contributed by atoms with Crippen molar-refractivity contribution < 1.29 is 4.79 Å². The van der Waals surface area contributed by atoms with Crippen LogP contribution in [0.25, 0.3) is 0 Å². The number of carbonyl (C=O) groups excluding carboxylic acids is 1. The molecule has 1 saturated heterocycles. The standard InChI is InChI=1S/C15H18N4OS/c1-11-12(9-16-10-18-11)13(20)19-6-3-15(2,4-7-19)14-17-5-8-21-14/h5,8-10H,3-4,6-7H2,1-2H3. The van der Waals surface area contributed by atoms with E-state index in [2.05, 4.69) is 21.9 Å². The van der Waals surface area contributed by atoms with E-state index in [-0.39, 0.29) is 11.3 Å². The van der Waals surface area contributed by atoms with Crippen molar-refractivity contribution in [2.45, 2.75) is 32.1 Å². The molecular formula is C15H18N4OS. The number of carbonyl (C=O) groups is 1. The van der Waals surface area contributed by atoms with Crippen LogP contribution < -0.4 is 0 Å². The summed E-state index contributed by atoms with van der Waals surface area (Å²) in [6.45, 7) is 5.59. The van der Waals surface area contributed by atoms with Crippen LogP contribution >= 0.6 is 11.3 Å². The fourth-order valence-corrected chi connectivity index (χ4v) is 3.57. The van der Waals surface area contributed by atoms with Gasteiger partial charge < -0.3 is 4.90 Å². The lowest BCUT2D eigenvalue weighted by Crippen LogP contribution is -2.44. The summed E-state index contributed by atoms with van der Waals surface area (Å²) in [5, 5.41) is 3.19. The minimum atomic E-state index is 0.0364. The Balaban J connectivity index is 1.72. The van der Waals surface area contributed by atoms with Crippen LogP contribution in [-0.2, 0) is 5.41 Å². The largest absolute Gasteiger partial charge is 0.338 e. The third-order valence-corrected chi connectivity index (χ3v) is 5.32. The Bertz CT molecular complexity index is 633. The maximum atomic E-state index is 12.6. The first-order valence-electron chi connectivity index (χ1n) is 7.06. The van der Waals surface area contributed by atoms with Crippen molar-refractivity contribution in [2.75, 3.05) is 13.1 Å². The van der Waals surface area contributed by atoms with E-state index in [0.717, 1.165) is 31.6 Å². The molecule has 3 rings (SSSR count). The lowest BCUT2D eigenvalue weighted by atomic mass is 9.81. The number of aryl methyl sites for hydroxylation is 1. The van der Waals surface area contributed by atoms with Gasteiger partial charge in [0.05, 0.1) is 16.3 Å². The highest BCUT2D eigenvalue weighted by Crippen LogP contribution is 2.36. The summed E-state index contributed by atoms with van der Waals surface area (Å²) in [6, 6.07) is 0. The molecule has 0 spiro atoms. The number of aromatic nitrogens is 3. The summed E-state index contributed by atoms with van der Waals surface area (Å²) in [6.07, 6.45) is 6.83. The zero-order chi connectivity index (χ0) is 14.9. The second-order valence-electron chi connectivity index (χ2n) is 5.71. The van der Waals surface area contributed by atoms with Gasteiger partial charge in [-0.3, -0.25) is 4.79 Å². The van der Waals surface area contributed by atoms with Gasteiger partial charge in [-0.05, 0) is 19.8 Å². The monoisotopic (exact) mass is 302 g/mol. The molecule has 1 aliphatic rings. The van der Waals surface area contributed by atoms with Crippen molar-refractivity contribution in [3.63, 3.8) is 0 Å². The molecular weight excluding hydrogens is 284 g/mol. The average Bonchev–Trinajstić information content (AvgIpc) is 3.03. The second kappa shape index (κ2) is 5.52. The van der Waals surface area contributed by atoms with Crippen LogP contribution in [0.1, 0.15) is 40.8 Å². The highest BCUT2D eigenvalue weighted by atomic mass is 32.1. The molecule has 5 nitrogen and oxygen atoms in total. The molecule has 2 aromatic rings. The fraction of sp³-hybridized carbons (Fsp3) is 0.467. The van der Waals surface area contributed by atoms with Crippen LogP contribution in [-0.4, -0.2) is 38.8 Å². The van der Waals surface area contributed by atoms with Crippen molar-refractivity contribution >= 4 is 17.2 Å². The van der Waals surface area contributed by atoms with Crippen LogP contribution in [0.5, 0.6) is 0 Å². The van der Waals surface area contributed by atoms with Crippen molar-refractivity contribution in [2.24, 2.45) is 0 Å². The van der Waals surface area contributed by atoms with E-state index >= 15 is 0 Å². The van der Waals surface area contributed by atoms with Crippen molar-refractivity contribution in [1.82, 2.24) is 19.9 Å². The fourth-order valence-electron chi connectivity index (χ4n) is 2.71. The first kappa shape index (κ1) is 14.1. The summed E-state index contributed by atoms with van der Waals surface area (Å²) in [4.78, 5) is 27.0. The third-order valence-electron chi connectivity index (χ3n) is 4.24. The van der Waals surface area contributed by atoms with E-state index in [1.54, 1.807) is 17.5 Å². The first-order valence-corrected chi connectivity index (χ1v) is 7.94. The Morgan fingerprint density at radius 1 is 1.33 bits per heavy atom. The minimum absolute atomic E-state index is 0.0364. The van der Waals surface area contributed by atoms with Gasteiger partial charge in [0.25, 0.3) is 5.91 Å². The maximum Gasteiger partial charge on any atom is 0.257 e. The molecule has 0 bridgehead atoms. The van der Waals surface area contributed by atoms with Crippen LogP contribution in [0, 0.1) is 6.92 Å². The summed E-state index contributed by atoms with van der Waals surface area (Å²) < 4.78 is 0. The minimum Gasteiger partial charge on any atom is -0.338 e. The Labute approximate surface area is 128 Å². The van der Waals surface area contributed by atoms with Gasteiger partial charge in [0.15, 0.2) is 0 Å². The van der Waals surface area contributed by atoms with Gasteiger partial charge in [0.2, 0.25) is 0 Å². The first-order chi connectivity index (χ1) is 10.1. The van der Waals surface area contributed by atoms with Gasteiger partial charge in [-0.15, -0.1) is 11.3 Å². The zero-order valence-electron chi connectivity index (χ0n) is 12.2. The van der Waals surface area contributed by atoms with Gasteiger partial charge in [-0.2, -0.15) is 0 Å². The molecule has 0 saturated carbocycles. The average molecular weight is 302 g/mol. The van der Waals surface area contributed by atoms with Crippen molar-refractivity contribution in [1.29, 1.82) is 0 Å². The predicted octanol–water partition coefficient (Wildman–Crippen LogP) is 2.44. The molecule has 1 amide bonds. The smallest absolute Gasteiger partial charge is 0.257 e. The Kier molecular flexibility index (Phi) is 3.71. The van der Waals surface area contributed by atoms with Gasteiger partial charge >= 0.3 is 0 Å². The predicted molar refractivity (Wildman–Crippen MR) is 81.4 cm³/mol. The Morgan fingerprint density at radius 2 is 2.10 bits per heavy atom. The molecule has 1 fully saturated rings. The zero-order valence-corrected chi connectivity index (χ0v) is 13.1. The molecule has 0 unspecified atom stereocenters. The molecule has 0 atom stereocenters. The number of piperidine rings is 1. The van der Waals surface area contributed by atoms with Gasteiger partial charge in [0.1, 0.15) is 6.33 Å². The van der Waals surface area contributed by atoms with E-state index in [9.17, 15) is 4.79 Å². The van der Waals surface area contributed by atoms with Crippen molar-refractivity contribution in [3.8, 4) is 0 Å². The van der Waals surface area contributed by atoms with E-state index < -0.39 is 0 Å². The highest BCUT2D eigenvalue weighted by molar-refractivity contribution is 7.09. The van der Waals surface area contributed by atoms with Gasteiger partial charge in [-0.1, -0.05) is 6.92 Å². The summed E-state index contributed by atoms with van der Waals surface area (Å²) in [5.74, 6) is 0.0364. The number of amides is 1. The van der Waals surface area contributed by atoms with Crippen LogP contribution in [0.2, 0.25) is 0 Å². The topological polar surface area (TPSA) is 59.0 Å². The van der Waals surface area contributed by atoms with Crippen LogP contribution in [0.15, 0.2) is 24.1 Å². The summed E-state index contributed by atoms with van der Waals surface area (Å²) >= 11 is 1.70. The number of likely N-dealkylation sites (tertiary alicyclic amines) is 1. The Hall–Kier alpha value is -1.82. The lowest BCUT2D eigenvalue weighted by molar-refractivity contribution is 0.0674. The number of hydrogen-bond acceptors (Lipinski definition) is 5.